The minimum Gasteiger partial charge on any atom is -0.480 e. The van der Waals surface area contributed by atoms with Gasteiger partial charge in [-0.15, -0.1) is 0 Å². The van der Waals surface area contributed by atoms with E-state index >= 15 is 0 Å². The third-order valence-corrected chi connectivity index (χ3v) is 4.45. The molecule has 0 fully saturated rings. The fourth-order valence-electron chi connectivity index (χ4n) is 2.49. The number of carbonyl (C=O) groups excluding carboxylic acids is 2. The van der Waals surface area contributed by atoms with Crippen LogP contribution in [0.2, 0.25) is 0 Å². The Hall–Kier alpha value is -2.09. The number of allylic oxidation sites excluding steroid dienone is 2. The molecule has 0 aromatic heterocycles. The number of aliphatic imine (C=N–C) groups is 1. The molecule has 0 aromatic rings. The second kappa shape index (κ2) is 6.99. The minimum atomic E-state index is -1.19. The molecule has 2 aliphatic rings. The van der Waals surface area contributed by atoms with Crippen molar-refractivity contribution in [2.24, 2.45) is 4.99 Å². The molecular weight excluding hydrogens is 318 g/mol. The van der Waals surface area contributed by atoms with E-state index in [-0.39, 0.29) is 6.42 Å². The van der Waals surface area contributed by atoms with Gasteiger partial charge in [0.25, 0.3) is 5.91 Å². The molecule has 0 aliphatic carbocycles. The number of amides is 2. The molecule has 2 unspecified atom stereocenters. The molecule has 0 bridgehead atoms. The van der Waals surface area contributed by atoms with Gasteiger partial charge >= 0.3 is 5.97 Å². The van der Waals surface area contributed by atoms with Crippen molar-refractivity contribution in [2.75, 3.05) is 12.0 Å². The molecule has 0 saturated heterocycles. The third-order valence-electron chi connectivity index (χ3n) is 3.81. The zero-order chi connectivity index (χ0) is 17.0. The molecule has 2 atom stereocenters. The monoisotopic (exact) mass is 337 g/mol. The van der Waals surface area contributed by atoms with Crippen molar-refractivity contribution in [1.82, 2.24) is 10.2 Å². The number of hydrogen-bond acceptors (Lipinski definition) is 5. The number of hydrogen-bond donors (Lipinski definition) is 2. The highest BCUT2D eigenvalue weighted by atomic mass is 32.2. The number of amidine groups is 1. The largest absolute Gasteiger partial charge is 0.480 e. The van der Waals surface area contributed by atoms with Gasteiger partial charge in [-0.2, -0.15) is 16.8 Å². The molecule has 23 heavy (non-hydrogen) atoms. The number of nitrogens with one attached hydrogen (secondary N) is 1. The first-order chi connectivity index (χ1) is 10.9. The Morgan fingerprint density at radius 1 is 1.52 bits per heavy atom. The van der Waals surface area contributed by atoms with E-state index < -0.39 is 29.4 Å². The van der Waals surface area contributed by atoms with Gasteiger partial charge in [-0.05, 0) is 37.5 Å². The summed E-state index contributed by atoms with van der Waals surface area (Å²) in [5.74, 6) is -0.971. The van der Waals surface area contributed by atoms with Crippen molar-refractivity contribution in [1.29, 1.82) is 0 Å². The summed E-state index contributed by atoms with van der Waals surface area (Å²) in [4.78, 5) is 41.4. The topological polar surface area (TPSA) is 99.1 Å². The Balaban J connectivity index is 2.21. The normalized spacial score (nSPS) is 24.0. The lowest BCUT2D eigenvalue weighted by atomic mass is 9.90. The molecule has 0 radical (unpaired) electrons. The average Bonchev–Trinajstić information content (AvgIpc) is 2.50. The number of carboxylic acids is 1. The summed E-state index contributed by atoms with van der Waals surface area (Å²) in [5.41, 5.74) is -1.19. The summed E-state index contributed by atoms with van der Waals surface area (Å²) < 4.78 is 0. The number of rotatable bonds is 6. The highest BCUT2D eigenvalue weighted by molar-refractivity contribution is 7.98. The number of carbonyl (C=O) groups is 3. The standard InChI is InChI=1S/C15H19N3O4S/c1-15(14(22)16-10(13(20)21)6-8-23-2)9-12(19)17-11-5-3-4-7-18(11)15/h3-5,7,10H,6,8-9H2,1-2H3,(H,16,22)(H,20,21). The second-order valence-corrected chi connectivity index (χ2v) is 6.52. The lowest BCUT2D eigenvalue weighted by Gasteiger charge is -2.42. The van der Waals surface area contributed by atoms with Crippen LogP contribution in [-0.4, -0.2) is 57.2 Å². The van der Waals surface area contributed by atoms with Gasteiger partial charge in [0.05, 0.1) is 6.42 Å². The Kier molecular flexibility index (Phi) is 5.25. The van der Waals surface area contributed by atoms with Crippen LogP contribution in [-0.2, 0) is 14.4 Å². The van der Waals surface area contributed by atoms with E-state index in [1.165, 1.54) is 11.8 Å². The highest BCUT2D eigenvalue weighted by Gasteiger charge is 2.46. The molecule has 124 valence electrons. The molecule has 8 heteroatoms. The van der Waals surface area contributed by atoms with Gasteiger partial charge in [-0.3, -0.25) is 9.59 Å². The Labute approximate surface area is 138 Å². The lowest BCUT2D eigenvalue weighted by Crippen LogP contribution is -2.62. The van der Waals surface area contributed by atoms with Gasteiger partial charge < -0.3 is 15.3 Å². The van der Waals surface area contributed by atoms with Gasteiger partial charge in [0.1, 0.15) is 17.4 Å². The molecule has 2 aliphatic heterocycles. The summed E-state index contributed by atoms with van der Waals surface area (Å²) >= 11 is 1.51. The molecule has 2 rings (SSSR count). The van der Waals surface area contributed by atoms with Crippen molar-refractivity contribution < 1.29 is 19.5 Å². The number of nitrogens with zero attached hydrogens (tertiary/aromatic N) is 2. The summed E-state index contributed by atoms with van der Waals surface area (Å²) in [6.45, 7) is 1.62. The van der Waals surface area contributed by atoms with Crippen LogP contribution in [0.1, 0.15) is 19.8 Å². The van der Waals surface area contributed by atoms with Crippen LogP contribution in [0.15, 0.2) is 29.4 Å². The molecule has 7 nitrogen and oxygen atoms in total. The van der Waals surface area contributed by atoms with E-state index in [0.717, 1.165) is 0 Å². The molecular formula is C15H19N3O4S. The van der Waals surface area contributed by atoms with E-state index in [2.05, 4.69) is 10.3 Å². The maximum absolute atomic E-state index is 12.7. The van der Waals surface area contributed by atoms with Crippen molar-refractivity contribution in [2.45, 2.75) is 31.3 Å². The highest BCUT2D eigenvalue weighted by Crippen LogP contribution is 2.28. The molecule has 0 spiro atoms. The fraction of sp³-hybridized carbons (Fsp3) is 0.467. The van der Waals surface area contributed by atoms with Gasteiger partial charge in [0.15, 0.2) is 0 Å². The van der Waals surface area contributed by atoms with Crippen LogP contribution in [0.25, 0.3) is 0 Å². The minimum absolute atomic E-state index is 0.102. The van der Waals surface area contributed by atoms with Crippen molar-refractivity contribution in [3.8, 4) is 0 Å². The number of carboxylic acid groups (broad SMARTS) is 1. The summed E-state index contributed by atoms with van der Waals surface area (Å²) in [6, 6.07) is -0.978. The van der Waals surface area contributed by atoms with Gasteiger partial charge in [0, 0.05) is 6.20 Å². The van der Waals surface area contributed by atoms with E-state index in [1.54, 1.807) is 36.3 Å². The summed E-state index contributed by atoms with van der Waals surface area (Å²) in [7, 11) is 0. The molecule has 2 amide bonds. The Bertz CT molecular complexity index is 614. The molecule has 0 aromatic carbocycles. The SMILES string of the molecule is CSCCC(NC(=O)C1(C)CC(=O)N=C2C=CC=CN21)C(=O)O. The fourth-order valence-corrected chi connectivity index (χ4v) is 2.96. The smallest absolute Gasteiger partial charge is 0.326 e. The molecule has 2 heterocycles. The zero-order valence-electron chi connectivity index (χ0n) is 13.0. The first-order valence-electron chi connectivity index (χ1n) is 7.17. The van der Waals surface area contributed by atoms with Crippen molar-refractivity contribution in [3.05, 3.63) is 24.4 Å². The Morgan fingerprint density at radius 3 is 2.91 bits per heavy atom. The van der Waals surface area contributed by atoms with Gasteiger partial charge in [-0.25, -0.2) is 4.79 Å². The van der Waals surface area contributed by atoms with E-state index in [0.29, 0.717) is 18.0 Å². The van der Waals surface area contributed by atoms with Crippen LogP contribution < -0.4 is 5.32 Å². The molecule has 2 N–H and O–H groups in total. The third kappa shape index (κ3) is 3.64. The van der Waals surface area contributed by atoms with Gasteiger partial charge in [-0.1, -0.05) is 6.08 Å². The zero-order valence-corrected chi connectivity index (χ0v) is 13.8. The van der Waals surface area contributed by atoms with Gasteiger partial charge in [0.2, 0.25) is 5.91 Å². The number of fused-ring (bicyclic) bond motifs is 1. The van der Waals surface area contributed by atoms with Crippen LogP contribution in [0, 0.1) is 0 Å². The first kappa shape index (κ1) is 17.3. The summed E-state index contributed by atoms with van der Waals surface area (Å²) in [6.07, 6.45) is 8.87. The van der Waals surface area contributed by atoms with Crippen LogP contribution in [0.3, 0.4) is 0 Å². The van der Waals surface area contributed by atoms with Crippen LogP contribution in [0.5, 0.6) is 0 Å². The van der Waals surface area contributed by atoms with E-state index in [9.17, 15) is 19.5 Å². The number of thioether (sulfide) groups is 1. The summed E-state index contributed by atoms with van der Waals surface area (Å²) in [5, 5.41) is 11.8. The van der Waals surface area contributed by atoms with Crippen molar-refractivity contribution in [3.63, 3.8) is 0 Å². The first-order valence-corrected chi connectivity index (χ1v) is 8.56. The average molecular weight is 337 g/mol. The lowest BCUT2D eigenvalue weighted by molar-refractivity contribution is -0.144. The molecule has 0 saturated carbocycles. The number of aliphatic carboxylic acids is 1. The Morgan fingerprint density at radius 2 is 2.26 bits per heavy atom. The van der Waals surface area contributed by atoms with E-state index in [1.807, 2.05) is 6.26 Å². The van der Waals surface area contributed by atoms with Crippen LogP contribution in [0.4, 0.5) is 0 Å². The maximum atomic E-state index is 12.7. The maximum Gasteiger partial charge on any atom is 0.326 e. The quantitative estimate of drug-likeness (QED) is 0.743. The van der Waals surface area contributed by atoms with Crippen molar-refractivity contribution >= 4 is 35.4 Å². The second-order valence-electron chi connectivity index (χ2n) is 5.53. The predicted octanol–water partition coefficient (Wildman–Crippen LogP) is 0.782. The predicted molar refractivity (Wildman–Crippen MR) is 88.1 cm³/mol. The van der Waals surface area contributed by atoms with E-state index in [4.69, 9.17) is 0 Å². The van der Waals surface area contributed by atoms with Crippen LogP contribution >= 0.6 is 11.8 Å².